The van der Waals surface area contributed by atoms with Gasteiger partial charge in [0, 0.05) is 132 Å². The van der Waals surface area contributed by atoms with Crippen LogP contribution in [-0.4, -0.2) is 234 Å². The zero-order chi connectivity index (χ0) is 79.1. The van der Waals surface area contributed by atoms with Crippen molar-refractivity contribution in [2.24, 2.45) is 0 Å². The third-order valence-corrected chi connectivity index (χ3v) is 16.5. The zero-order valence-electron chi connectivity index (χ0n) is 59.5. The highest BCUT2D eigenvalue weighted by atomic mass is 16.7. The molecule has 0 radical (unpaired) electrons. The molecule has 12 heterocycles. The van der Waals surface area contributed by atoms with Crippen LogP contribution in [0.5, 0.6) is 24.0 Å². The molecule has 44 heteroatoms. The number of carbonyl (C=O) groups is 12. The van der Waals surface area contributed by atoms with Crippen LogP contribution in [0.4, 0.5) is 0 Å². The van der Waals surface area contributed by atoms with Crippen molar-refractivity contribution < 1.29 is 152 Å². The first-order chi connectivity index (χ1) is 50.9. The molecule has 4 fully saturated rings. The monoisotopic (exact) mass is 1530 g/mol. The quantitative estimate of drug-likeness (QED) is 0.0643. The average molecular weight is 1530 g/mol. The van der Waals surface area contributed by atoms with Gasteiger partial charge in [0.25, 0.3) is 22.2 Å². The molecule has 108 heavy (non-hydrogen) atoms. The number of aromatic nitrogens is 8. The Morgan fingerprint density at radius 3 is 0.630 bits per heavy atom. The molecule has 4 aromatic heterocycles. The van der Waals surface area contributed by atoms with Gasteiger partial charge in [-0.25, -0.2) is 0 Å². The van der Waals surface area contributed by atoms with Gasteiger partial charge in [-0.1, -0.05) is 0 Å². The smallest absolute Gasteiger partial charge is 0.303 e. The average Bonchev–Trinajstić information content (AvgIpc) is 1.58. The van der Waals surface area contributed by atoms with Gasteiger partial charge in [0.05, 0.1) is 0 Å². The van der Waals surface area contributed by atoms with E-state index < -0.39 is 190 Å². The lowest BCUT2D eigenvalue weighted by Gasteiger charge is -2.31. The lowest BCUT2D eigenvalue weighted by Crippen LogP contribution is -2.54. The van der Waals surface area contributed by atoms with Crippen molar-refractivity contribution in [1.29, 1.82) is 0 Å². The molecule has 4 aromatic rings. The molecule has 44 nitrogen and oxygen atoms in total. The molecule has 8 aliphatic heterocycles. The summed E-state index contributed by atoms with van der Waals surface area (Å²) in [5.74, 6) is -7.08. The molecular weight excluding hydrogens is 1460 g/mol. The summed E-state index contributed by atoms with van der Waals surface area (Å²) in [5.41, 5.74) is -8.11. The Labute approximate surface area is 607 Å². The summed E-state index contributed by atoms with van der Waals surface area (Å²) in [6, 6.07) is 4.56. The Bertz CT molecular complexity index is 3890. The van der Waals surface area contributed by atoms with E-state index in [2.05, 4.69) is 19.9 Å². The molecule has 0 amide bonds. The fraction of sp³-hybridized carbons (Fsp3) is 0.562. The SMILES string of the molecule is CC(=O)OC[C@H]1O[C@H]2n3ccc(=O)nc3O[C@@]2(COC(C)=O)[C@@H]1OC(C)=O.CC(=O)OC[C@H]1O[C@H]2n3ccc(=O)nc3O[C@@]2(COC(C)=O)[C@@H]1OC(C)=O.CC(=O)OC[C@H]1O[C@H]2n3ccc(=O)nc3O[C@@]2(COC(C)=O)[C@@H]1OC(C)=O.CC(=O)OC[C@H]1O[C@H]2n3ccc(=O)nc3O[C@@]2(COC(C)=O)[C@@H]1OC(C)=O. The molecule has 16 atom stereocenters. The Balaban J connectivity index is 0.000000166. The number of ether oxygens (including phenoxy) is 20. The summed E-state index contributed by atoms with van der Waals surface area (Å²) in [4.78, 5) is 198. The molecule has 0 N–H and O–H groups in total. The number of esters is 12. The van der Waals surface area contributed by atoms with E-state index in [4.69, 9.17) is 94.7 Å². The first-order valence-electron chi connectivity index (χ1n) is 32.4. The summed E-state index contributed by atoms with van der Waals surface area (Å²) < 4.78 is 115. The Morgan fingerprint density at radius 2 is 0.472 bits per heavy atom. The summed E-state index contributed by atoms with van der Waals surface area (Å²) in [6.07, 6.45) is -5.96. The lowest BCUT2D eigenvalue weighted by atomic mass is 9.94. The third kappa shape index (κ3) is 17.5. The van der Waals surface area contributed by atoms with Crippen LogP contribution in [-0.2, 0) is 133 Å². The molecular formula is C64H72N8O36. The van der Waals surface area contributed by atoms with Crippen molar-refractivity contribution in [3.63, 3.8) is 0 Å². The van der Waals surface area contributed by atoms with Crippen LogP contribution in [0.3, 0.4) is 0 Å². The van der Waals surface area contributed by atoms with Crippen molar-refractivity contribution in [2.45, 2.75) is 179 Å². The predicted molar refractivity (Wildman–Crippen MR) is 338 cm³/mol. The summed E-state index contributed by atoms with van der Waals surface area (Å²) in [7, 11) is 0. The highest BCUT2D eigenvalue weighted by Crippen LogP contribution is 2.53. The van der Waals surface area contributed by atoms with Crippen LogP contribution in [0, 0.1) is 0 Å². The second kappa shape index (κ2) is 32.9. The fourth-order valence-electron chi connectivity index (χ4n) is 12.5. The molecule has 4 saturated heterocycles. The molecule has 0 spiro atoms. The second-order valence-corrected chi connectivity index (χ2v) is 24.6. The maximum atomic E-state index is 11.7. The van der Waals surface area contributed by atoms with E-state index in [0.29, 0.717) is 0 Å². The number of nitrogens with zero attached hydrogens (tertiary/aromatic N) is 8. The van der Waals surface area contributed by atoms with Gasteiger partial charge in [0.1, 0.15) is 77.3 Å². The van der Waals surface area contributed by atoms with E-state index >= 15 is 0 Å². The van der Waals surface area contributed by atoms with Crippen LogP contribution in [0.2, 0.25) is 0 Å². The van der Waals surface area contributed by atoms with E-state index in [-0.39, 0.29) is 76.9 Å². The standard InChI is InChI=1S/4C16H18N2O9/c4*1-8(19)23-6-11-13(25-10(3)21)16(7-24-9(2)20)14(26-11)18-5-4-12(22)17-15(18)27-16/h4*4-5,11,13-14H,6-7H2,1-3H3/t4*11-,13-,14-,16+/m1111/s1. The normalized spacial score (nSPS) is 27.9. The van der Waals surface area contributed by atoms with Crippen LogP contribution >= 0.6 is 0 Å². The van der Waals surface area contributed by atoms with Gasteiger partial charge in [0.2, 0.25) is 22.4 Å². The first-order valence-corrected chi connectivity index (χ1v) is 32.4. The van der Waals surface area contributed by atoms with Crippen molar-refractivity contribution in [2.75, 3.05) is 52.9 Å². The van der Waals surface area contributed by atoms with Crippen molar-refractivity contribution in [3.05, 3.63) is 90.5 Å². The highest BCUT2D eigenvalue weighted by Gasteiger charge is 2.71. The first kappa shape index (κ1) is 80.3. The van der Waals surface area contributed by atoms with E-state index in [1.807, 2.05) is 0 Å². The Kier molecular flexibility index (Phi) is 24.5. The summed E-state index contributed by atoms with van der Waals surface area (Å²) in [6.45, 7) is 12.3. The van der Waals surface area contributed by atoms with Gasteiger partial charge < -0.3 is 94.7 Å². The number of hydrogen-bond donors (Lipinski definition) is 0. The maximum absolute atomic E-state index is 11.7. The topological polar surface area (TPSA) is 529 Å². The van der Waals surface area contributed by atoms with Gasteiger partial charge >= 0.3 is 95.7 Å². The lowest BCUT2D eigenvalue weighted by molar-refractivity contribution is -0.170. The second-order valence-electron chi connectivity index (χ2n) is 24.6. The number of carbonyl (C=O) groups excluding carboxylic acids is 12. The van der Waals surface area contributed by atoms with Crippen LogP contribution < -0.4 is 41.2 Å². The van der Waals surface area contributed by atoms with Crippen LogP contribution in [0.15, 0.2) is 68.2 Å². The zero-order valence-corrected chi connectivity index (χ0v) is 59.5. The molecule has 0 aliphatic carbocycles. The van der Waals surface area contributed by atoms with E-state index in [9.17, 15) is 76.7 Å². The van der Waals surface area contributed by atoms with Gasteiger partial charge in [-0.3, -0.25) is 95.0 Å². The molecule has 8 aliphatic rings. The minimum Gasteiger partial charge on any atom is -0.463 e. The molecule has 0 aromatic carbocycles. The summed E-state index contributed by atoms with van der Waals surface area (Å²) in [5, 5.41) is 0. The van der Waals surface area contributed by atoms with Gasteiger partial charge in [-0.15, -0.1) is 0 Å². The largest absolute Gasteiger partial charge is 0.463 e. The minimum atomic E-state index is -1.49. The number of fused-ring (bicyclic) bond motifs is 12. The molecule has 0 saturated carbocycles. The van der Waals surface area contributed by atoms with Crippen LogP contribution in [0.1, 0.15) is 108 Å². The fourth-order valence-corrected chi connectivity index (χ4v) is 12.5. The molecule has 0 bridgehead atoms. The van der Waals surface area contributed by atoms with Gasteiger partial charge in [-0.2, -0.15) is 19.9 Å². The van der Waals surface area contributed by atoms with Gasteiger partial charge in [0.15, 0.2) is 49.3 Å². The predicted octanol–water partition coefficient (Wildman–Crippen LogP) is -2.68. The molecule has 584 valence electrons. The minimum absolute atomic E-state index is 0.0669. The Morgan fingerprint density at radius 1 is 0.296 bits per heavy atom. The Hall–Kier alpha value is -11.8. The number of rotatable bonds is 20. The number of hydrogen-bond acceptors (Lipinski definition) is 40. The van der Waals surface area contributed by atoms with E-state index in [1.54, 1.807) is 0 Å². The summed E-state index contributed by atoms with van der Waals surface area (Å²) >= 11 is 0. The van der Waals surface area contributed by atoms with E-state index in [0.717, 1.165) is 0 Å². The highest BCUT2D eigenvalue weighted by molar-refractivity contribution is 5.70. The van der Waals surface area contributed by atoms with E-state index in [1.165, 1.54) is 150 Å². The third-order valence-electron chi connectivity index (χ3n) is 16.5. The van der Waals surface area contributed by atoms with Crippen molar-refractivity contribution >= 4 is 71.6 Å². The molecule has 0 unspecified atom stereocenters. The van der Waals surface area contributed by atoms with Crippen molar-refractivity contribution in [1.82, 2.24) is 38.2 Å². The maximum Gasteiger partial charge on any atom is 0.303 e. The molecule has 12 rings (SSSR count). The van der Waals surface area contributed by atoms with Crippen LogP contribution in [0.25, 0.3) is 0 Å². The van der Waals surface area contributed by atoms with Crippen molar-refractivity contribution in [3.8, 4) is 24.0 Å². The van der Waals surface area contributed by atoms with Gasteiger partial charge in [-0.05, 0) is 0 Å².